The van der Waals surface area contributed by atoms with Gasteiger partial charge in [-0.1, -0.05) is 48.5 Å². The standard InChI is InChI=1S/C18H14N2O2S/c1-2-10-20-17(22)15(16(21)19-18(20)23)11-13-8-5-7-12-6-3-4-9-14(12)13/h2-9,11H,1,10H2,(H,19,21,23). The van der Waals surface area contributed by atoms with Gasteiger partial charge in [0.25, 0.3) is 11.8 Å². The fourth-order valence-corrected chi connectivity index (χ4v) is 2.77. The van der Waals surface area contributed by atoms with Crippen LogP contribution in [-0.2, 0) is 9.59 Å². The first-order valence-corrected chi connectivity index (χ1v) is 7.50. The molecule has 2 amide bonds. The summed E-state index contributed by atoms with van der Waals surface area (Å²) in [4.78, 5) is 26.0. The van der Waals surface area contributed by atoms with Crippen molar-refractivity contribution in [1.29, 1.82) is 0 Å². The summed E-state index contributed by atoms with van der Waals surface area (Å²) in [6.07, 6.45) is 3.18. The first kappa shape index (κ1) is 15.1. The number of amides is 2. The molecule has 0 spiro atoms. The van der Waals surface area contributed by atoms with E-state index in [4.69, 9.17) is 12.2 Å². The molecule has 2 aromatic rings. The van der Waals surface area contributed by atoms with Crippen molar-refractivity contribution in [3.63, 3.8) is 0 Å². The predicted octanol–water partition coefficient (Wildman–Crippen LogP) is 2.65. The Bertz CT molecular complexity index is 865. The molecule has 1 aliphatic heterocycles. The minimum absolute atomic E-state index is 0.0665. The second-order valence-electron chi connectivity index (χ2n) is 5.09. The fraction of sp³-hybridized carbons (Fsp3) is 0.0556. The summed E-state index contributed by atoms with van der Waals surface area (Å²) in [5.41, 5.74) is 0.879. The predicted molar refractivity (Wildman–Crippen MR) is 94.6 cm³/mol. The molecule has 0 bridgehead atoms. The van der Waals surface area contributed by atoms with E-state index in [1.807, 2.05) is 42.5 Å². The SMILES string of the molecule is C=CCN1C(=O)C(=Cc2cccc3ccccc23)C(=O)NC1=S. The molecule has 23 heavy (non-hydrogen) atoms. The average Bonchev–Trinajstić information content (AvgIpc) is 2.55. The zero-order chi connectivity index (χ0) is 16.4. The van der Waals surface area contributed by atoms with Crippen LogP contribution in [0.5, 0.6) is 0 Å². The van der Waals surface area contributed by atoms with Crippen molar-refractivity contribution >= 4 is 46.0 Å². The summed E-state index contributed by atoms with van der Waals surface area (Å²) in [5, 5.41) is 4.67. The lowest BCUT2D eigenvalue weighted by Crippen LogP contribution is -2.53. The van der Waals surface area contributed by atoms with Gasteiger partial charge in [0.15, 0.2) is 5.11 Å². The average molecular weight is 322 g/mol. The van der Waals surface area contributed by atoms with Crippen LogP contribution in [0.15, 0.2) is 60.7 Å². The Morgan fingerprint density at radius 1 is 1.13 bits per heavy atom. The molecule has 1 aliphatic rings. The number of hydrogen-bond acceptors (Lipinski definition) is 3. The van der Waals surface area contributed by atoms with Crippen molar-refractivity contribution in [2.24, 2.45) is 0 Å². The van der Waals surface area contributed by atoms with Crippen molar-refractivity contribution in [2.45, 2.75) is 0 Å². The van der Waals surface area contributed by atoms with Gasteiger partial charge in [-0.3, -0.25) is 19.8 Å². The van der Waals surface area contributed by atoms with E-state index in [9.17, 15) is 9.59 Å². The van der Waals surface area contributed by atoms with Crippen LogP contribution in [0.2, 0.25) is 0 Å². The summed E-state index contributed by atoms with van der Waals surface area (Å²) >= 11 is 5.04. The van der Waals surface area contributed by atoms with Gasteiger partial charge < -0.3 is 0 Å². The molecule has 1 fully saturated rings. The molecule has 4 nitrogen and oxygen atoms in total. The van der Waals surface area contributed by atoms with Gasteiger partial charge in [0, 0.05) is 6.54 Å². The van der Waals surface area contributed by atoms with Crippen molar-refractivity contribution in [1.82, 2.24) is 10.2 Å². The molecular formula is C18H14N2O2S. The van der Waals surface area contributed by atoms with E-state index in [1.165, 1.54) is 4.90 Å². The van der Waals surface area contributed by atoms with E-state index in [2.05, 4.69) is 11.9 Å². The van der Waals surface area contributed by atoms with Crippen LogP contribution in [0.25, 0.3) is 16.8 Å². The monoisotopic (exact) mass is 322 g/mol. The third kappa shape index (κ3) is 2.78. The van der Waals surface area contributed by atoms with Crippen LogP contribution in [-0.4, -0.2) is 28.4 Å². The van der Waals surface area contributed by atoms with Crippen molar-refractivity contribution in [2.75, 3.05) is 6.54 Å². The Hall–Kier alpha value is -2.79. The zero-order valence-corrected chi connectivity index (χ0v) is 13.1. The van der Waals surface area contributed by atoms with E-state index < -0.39 is 11.8 Å². The van der Waals surface area contributed by atoms with Gasteiger partial charge in [-0.25, -0.2) is 0 Å². The molecule has 0 saturated carbocycles. The van der Waals surface area contributed by atoms with Gasteiger partial charge in [-0.05, 0) is 34.6 Å². The van der Waals surface area contributed by atoms with Crippen LogP contribution in [0.3, 0.4) is 0 Å². The number of fused-ring (bicyclic) bond motifs is 1. The zero-order valence-electron chi connectivity index (χ0n) is 12.3. The molecule has 1 heterocycles. The highest BCUT2D eigenvalue weighted by Crippen LogP contribution is 2.22. The number of nitrogens with one attached hydrogen (secondary N) is 1. The molecule has 5 heteroatoms. The molecule has 3 rings (SSSR count). The Morgan fingerprint density at radius 2 is 1.87 bits per heavy atom. The minimum Gasteiger partial charge on any atom is -0.298 e. The van der Waals surface area contributed by atoms with Crippen LogP contribution < -0.4 is 5.32 Å². The maximum absolute atomic E-state index is 12.5. The third-order valence-electron chi connectivity index (χ3n) is 3.62. The highest BCUT2D eigenvalue weighted by molar-refractivity contribution is 7.80. The van der Waals surface area contributed by atoms with Crippen molar-refractivity contribution < 1.29 is 9.59 Å². The fourth-order valence-electron chi connectivity index (χ4n) is 2.52. The normalized spacial score (nSPS) is 16.8. The Balaban J connectivity index is 2.09. The topological polar surface area (TPSA) is 49.4 Å². The quantitative estimate of drug-likeness (QED) is 0.409. The van der Waals surface area contributed by atoms with Crippen LogP contribution in [0.1, 0.15) is 5.56 Å². The van der Waals surface area contributed by atoms with Crippen LogP contribution in [0, 0.1) is 0 Å². The Kier molecular flexibility index (Phi) is 4.04. The highest BCUT2D eigenvalue weighted by Gasteiger charge is 2.32. The lowest BCUT2D eigenvalue weighted by atomic mass is 10.0. The van der Waals surface area contributed by atoms with Crippen molar-refractivity contribution in [3.05, 3.63) is 66.3 Å². The number of carbonyl (C=O) groups is 2. The van der Waals surface area contributed by atoms with Gasteiger partial charge >= 0.3 is 0 Å². The number of carbonyl (C=O) groups excluding carboxylic acids is 2. The van der Waals surface area contributed by atoms with E-state index in [0.717, 1.165) is 16.3 Å². The second kappa shape index (κ2) is 6.14. The second-order valence-corrected chi connectivity index (χ2v) is 5.48. The molecule has 0 aliphatic carbocycles. The van der Waals surface area contributed by atoms with E-state index in [0.29, 0.717) is 0 Å². The van der Waals surface area contributed by atoms with E-state index in [-0.39, 0.29) is 17.2 Å². The summed E-state index contributed by atoms with van der Waals surface area (Å²) in [5.74, 6) is -0.889. The Morgan fingerprint density at radius 3 is 2.65 bits per heavy atom. The molecule has 0 radical (unpaired) electrons. The number of rotatable bonds is 3. The van der Waals surface area contributed by atoms with E-state index in [1.54, 1.807) is 12.2 Å². The summed E-state index contributed by atoms with van der Waals surface area (Å²) in [6.45, 7) is 3.86. The van der Waals surface area contributed by atoms with Gasteiger partial charge in [-0.2, -0.15) is 0 Å². The summed E-state index contributed by atoms with van der Waals surface area (Å²) in [7, 11) is 0. The number of thiocarbonyl (C=S) groups is 1. The molecule has 0 atom stereocenters. The molecular weight excluding hydrogens is 308 g/mol. The lowest BCUT2D eigenvalue weighted by Gasteiger charge is -2.27. The van der Waals surface area contributed by atoms with Crippen LogP contribution >= 0.6 is 12.2 Å². The molecule has 2 aromatic carbocycles. The lowest BCUT2D eigenvalue weighted by molar-refractivity contribution is -0.128. The Labute approximate surface area is 139 Å². The number of nitrogens with zero attached hydrogens (tertiary/aromatic N) is 1. The number of benzene rings is 2. The highest BCUT2D eigenvalue weighted by atomic mass is 32.1. The first-order chi connectivity index (χ1) is 11.1. The van der Waals surface area contributed by atoms with Gasteiger partial charge in [0.1, 0.15) is 5.57 Å². The molecule has 0 aromatic heterocycles. The molecule has 0 unspecified atom stereocenters. The van der Waals surface area contributed by atoms with Crippen LogP contribution in [0.4, 0.5) is 0 Å². The largest absolute Gasteiger partial charge is 0.298 e. The summed E-state index contributed by atoms with van der Waals surface area (Å²) < 4.78 is 0. The summed E-state index contributed by atoms with van der Waals surface area (Å²) in [6, 6.07) is 13.6. The third-order valence-corrected chi connectivity index (χ3v) is 3.94. The molecule has 114 valence electrons. The maximum atomic E-state index is 12.5. The minimum atomic E-state index is -0.478. The van der Waals surface area contributed by atoms with E-state index >= 15 is 0 Å². The van der Waals surface area contributed by atoms with Gasteiger partial charge in [0.2, 0.25) is 0 Å². The van der Waals surface area contributed by atoms with Crippen molar-refractivity contribution in [3.8, 4) is 0 Å². The smallest absolute Gasteiger partial charge is 0.265 e. The maximum Gasteiger partial charge on any atom is 0.265 e. The van der Waals surface area contributed by atoms with Gasteiger partial charge in [-0.15, -0.1) is 6.58 Å². The molecule has 1 N–H and O–H groups in total. The molecule has 1 saturated heterocycles. The van der Waals surface area contributed by atoms with Gasteiger partial charge in [0.05, 0.1) is 0 Å². The number of hydrogen-bond donors (Lipinski definition) is 1. The first-order valence-electron chi connectivity index (χ1n) is 7.09.